The Balaban J connectivity index is -0.000000240. The first-order valence-corrected chi connectivity index (χ1v) is 13.5. The van der Waals surface area contributed by atoms with Crippen LogP contribution in [-0.4, -0.2) is 32.7 Å². The Hall–Kier alpha value is -1.12. The Morgan fingerprint density at radius 2 is 0.475 bits per heavy atom. The maximum Gasteiger partial charge on any atom is 0.164 e. The zero-order chi connectivity index (χ0) is 32.6. The normalized spacial score (nSPS) is 14.1. The average Bonchev–Trinajstić information content (AvgIpc) is 2.64. The molecule has 0 amide bonds. The molecule has 0 heterocycles. The number of allylic oxidation sites excluding steroid dienone is 6. The van der Waals surface area contributed by atoms with Crippen LogP contribution < -0.4 is 0 Å². The number of aliphatic hydroxyl groups excluding tert-OH is 3. The Morgan fingerprint density at radius 1 is 0.350 bits per heavy atom. The quantitative estimate of drug-likeness (QED) is 0.198. The van der Waals surface area contributed by atoms with Crippen LogP contribution in [0.5, 0.6) is 0 Å². The van der Waals surface area contributed by atoms with Gasteiger partial charge in [-0.05, 0) is 0 Å². The van der Waals surface area contributed by atoms with E-state index in [1.807, 2.05) is 125 Å². The molecule has 0 atom stereocenters. The maximum atomic E-state index is 11.5. The van der Waals surface area contributed by atoms with Crippen molar-refractivity contribution in [3.8, 4) is 0 Å². The minimum absolute atomic E-state index is 0. The molecule has 40 heavy (non-hydrogen) atoms. The Kier molecular flexibility index (Phi) is 18.9. The average molecular weight is 720 g/mol. The van der Waals surface area contributed by atoms with Gasteiger partial charge in [0.25, 0.3) is 0 Å². The SMILES string of the molecule is CC(C)(C)C(=O)/C=C(\O)C(C)(C)C.CC(C)(C)C(=O)/C=C(\O)C(C)(C)C.CC(C)(C)C(=O)/C=C(\O)C(C)(C)C.[Er]. The van der Waals surface area contributed by atoms with E-state index in [1.165, 1.54) is 18.2 Å². The van der Waals surface area contributed by atoms with Gasteiger partial charge in [-0.15, -0.1) is 0 Å². The largest absolute Gasteiger partial charge is 0.512 e. The Bertz CT molecular complexity index is 801. The van der Waals surface area contributed by atoms with E-state index in [1.54, 1.807) is 0 Å². The molecule has 0 saturated heterocycles. The third-order valence-corrected chi connectivity index (χ3v) is 5.33. The van der Waals surface area contributed by atoms with Crippen LogP contribution in [0.1, 0.15) is 125 Å². The second-order valence-electron chi connectivity index (χ2n) is 16.2. The minimum atomic E-state index is -0.417. The van der Waals surface area contributed by atoms with E-state index in [-0.39, 0.29) is 88.2 Å². The summed E-state index contributed by atoms with van der Waals surface area (Å²) >= 11 is 0. The van der Waals surface area contributed by atoms with Crippen molar-refractivity contribution in [2.45, 2.75) is 125 Å². The molecule has 0 radical (unpaired) electrons. The monoisotopic (exact) mass is 718 g/mol. The van der Waals surface area contributed by atoms with Crippen molar-refractivity contribution < 1.29 is 67.0 Å². The first-order valence-electron chi connectivity index (χ1n) is 13.5. The number of ketones is 3. The number of aliphatic hydroxyl groups is 3. The summed E-state index contributed by atoms with van der Waals surface area (Å²) in [6, 6.07) is 0. The van der Waals surface area contributed by atoms with Gasteiger partial charge >= 0.3 is 0 Å². The first-order chi connectivity index (χ1) is 16.6. The van der Waals surface area contributed by atoms with Gasteiger partial charge in [-0.2, -0.15) is 0 Å². The molecule has 0 rings (SSSR count). The topological polar surface area (TPSA) is 112 Å². The van der Waals surface area contributed by atoms with Crippen LogP contribution >= 0.6 is 0 Å². The molecule has 3 N–H and O–H groups in total. The van der Waals surface area contributed by atoms with Gasteiger partial charge in [0.15, 0.2) is 17.3 Å². The molecular formula is C33H60ErO6. The summed E-state index contributed by atoms with van der Waals surface area (Å²) in [5.41, 5.74) is -2.29. The molecule has 0 aliphatic carbocycles. The van der Waals surface area contributed by atoms with E-state index in [2.05, 4.69) is 0 Å². The zero-order valence-electron chi connectivity index (χ0n) is 28.6. The molecule has 0 aliphatic rings. The summed E-state index contributed by atoms with van der Waals surface area (Å²) in [5, 5.41) is 28.7. The second-order valence-corrected chi connectivity index (χ2v) is 16.2. The third-order valence-electron chi connectivity index (χ3n) is 5.33. The van der Waals surface area contributed by atoms with Crippen LogP contribution in [0.4, 0.5) is 0 Å². The first kappa shape index (κ1) is 45.9. The van der Waals surface area contributed by atoms with E-state index >= 15 is 0 Å². The van der Waals surface area contributed by atoms with E-state index in [4.69, 9.17) is 0 Å². The van der Waals surface area contributed by atoms with Crippen LogP contribution in [0.3, 0.4) is 0 Å². The zero-order valence-corrected chi connectivity index (χ0v) is 30.4. The standard InChI is InChI=1S/3C11H20O2.Er/c3*1-10(2,3)8(12)7-9(13)11(4,5)6;/h3*7,12H,1-6H3;/b3*8-7-;. The molecule has 0 bridgehead atoms. The third kappa shape index (κ3) is 21.6. The number of carbonyl (C=O) groups excluding carboxylic acids is 3. The van der Waals surface area contributed by atoms with E-state index in [0.29, 0.717) is 0 Å². The Labute approximate surface area is 275 Å². The summed E-state index contributed by atoms with van der Waals surface area (Å²) in [4.78, 5) is 34.5. The minimum Gasteiger partial charge on any atom is -0.512 e. The van der Waals surface area contributed by atoms with Gasteiger partial charge in [0.05, 0.1) is 0 Å². The molecule has 0 aliphatic heterocycles. The molecule has 6 nitrogen and oxygen atoms in total. The van der Waals surface area contributed by atoms with E-state index < -0.39 is 16.2 Å². The maximum absolute atomic E-state index is 11.5. The van der Waals surface area contributed by atoms with Gasteiger partial charge in [-0.3, -0.25) is 14.4 Å². The van der Waals surface area contributed by atoms with Gasteiger partial charge < -0.3 is 15.3 Å². The summed E-state index contributed by atoms with van der Waals surface area (Å²) in [6.07, 6.45) is 4.00. The van der Waals surface area contributed by atoms with Crippen molar-refractivity contribution in [3.63, 3.8) is 0 Å². The van der Waals surface area contributed by atoms with Crippen molar-refractivity contribution in [3.05, 3.63) is 35.5 Å². The van der Waals surface area contributed by atoms with Crippen LogP contribution in [0, 0.1) is 69.8 Å². The predicted molar refractivity (Wildman–Crippen MR) is 164 cm³/mol. The fourth-order valence-electron chi connectivity index (χ4n) is 1.67. The van der Waals surface area contributed by atoms with Crippen LogP contribution in [0.15, 0.2) is 35.5 Å². The van der Waals surface area contributed by atoms with Gasteiger partial charge in [-0.1, -0.05) is 125 Å². The predicted octanol–water partition coefficient (Wildman–Crippen LogP) is 9.27. The van der Waals surface area contributed by atoms with Gasteiger partial charge in [0.2, 0.25) is 0 Å². The molecule has 0 unspecified atom stereocenters. The smallest absolute Gasteiger partial charge is 0.164 e. The van der Waals surface area contributed by atoms with Gasteiger partial charge in [-0.25, -0.2) is 0 Å². The van der Waals surface area contributed by atoms with Crippen LogP contribution in [0.2, 0.25) is 0 Å². The molecule has 0 aromatic rings. The molecule has 0 aromatic heterocycles. The number of hydrogen-bond acceptors (Lipinski definition) is 6. The molecule has 240 valence electrons. The summed E-state index contributed by atoms with van der Waals surface area (Å²) < 4.78 is 0. The molecule has 0 fully saturated rings. The Morgan fingerprint density at radius 3 is 0.550 bits per heavy atom. The van der Waals surface area contributed by atoms with Gasteiger partial charge in [0.1, 0.15) is 17.3 Å². The molecule has 0 spiro atoms. The van der Waals surface area contributed by atoms with Gasteiger partial charge in [0, 0.05) is 88.0 Å². The van der Waals surface area contributed by atoms with Crippen molar-refractivity contribution >= 4 is 17.3 Å². The summed E-state index contributed by atoms with van der Waals surface area (Å²) in [5.74, 6) is 0.312. The summed E-state index contributed by atoms with van der Waals surface area (Å²) in [6.45, 7) is 33.3. The van der Waals surface area contributed by atoms with Crippen molar-refractivity contribution in [2.24, 2.45) is 32.5 Å². The fraction of sp³-hybridized carbons (Fsp3) is 0.727. The molecule has 0 aromatic carbocycles. The number of rotatable bonds is 3. The van der Waals surface area contributed by atoms with Crippen molar-refractivity contribution in [2.75, 3.05) is 0 Å². The summed E-state index contributed by atoms with van der Waals surface area (Å²) in [7, 11) is 0. The van der Waals surface area contributed by atoms with E-state index in [0.717, 1.165) is 0 Å². The van der Waals surface area contributed by atoms with Crippen molar-refractivity contribution in [1.82, 2.24) is 0 Å². The number of carbonyl (C=O) groups is 3. The van der Waals surface area contributed by atoms with Crippen LogP contribution in [0.25, 0.3) is 0 Å². The molecule has 0 saturated carbocycles. The second kappa shape index (κ2) is 16.5. The van der Waals surface area contributed by atoms with E-state index in [9.17, 15) is 29.7 Å². The number of hydrogen-bond donors (Lipinski definition) is 3. The molecule has 7 heteroatoms. The fourth-order valence-corrected chi connectivity index (χ4v) is 1.67. The van der Waals surface area contributed by atoms with Crippen molar-refractivity contribution in [1.29, 1.82) is 0 Å². The van der Waals surface area contributed by atoms with Crippen LogP contribution in [-0.2, 0) is 14.4 Å². The molecular weight excluding hydrogens is 660 g/mol.